The number of nitrogens with zero attached hydrogens (tertiary/aromatic N) is 3. The van der Waals surface area contributed by atoms with Gasteiger partial charge in [0.2, 0.25) is 11.0 Å². The van der Waals surface area contributed by atoms with Gasteiger partial charge in [0.15, 0.2) is 24.1 Å². The maximum Gasteiger partial charge on any atom is 0.303 e. The zero-order valence-electron chi connectivity index (χ0n) is 21.3. The number of aromatic nitrogens is 1. The number of benzene rings is 2. The Bertz CT molecular complexity index is 1420. The summed E-state index contributed by atoms with van der Waals surface area (Å²) in [7, 11) is 0. The van der Waals surface area contributed by atoms with Gasteiger partial charge in [0.05, 0.1) is 5.52 Å². The monoisotopic (exact) mass is 554 g/mol. The number of rotatable bonds is 7. The van der Waals surface area contributed by atoms with E-state index in [1.165, 1.54) is 25.3 Å². The normalized spacial score (nSPS) is 20.6. The van der Waals surface area contributed by atoms with Gasteiger partial charge < -0.3 is 29.4 Å². The molecule has 0 amide bonds. The van der Waals surface area contributed by atoms with Crippen LogP contribution in [0.5, 0.6) is 5.88 Å². The molecule has 1 fully saturated rings. The van der Waals surface area contributed by atoms with E-state index in [0.29, 0.717) is 16.6 Å². The van der Waals surface area contributed by atoms with Crippen LogP contribution in [0.1, 0.15) is 27.0 Å². The van der Waals surface area contributed by atoms with Gasteiger partial charge in [-0.1, -0.05) is 36.4 Å². The molecule has 2 N–H and O–H groups in total. The summed E-state index contributed by atoms with van der Waals surface area (Å²) in [4.78, 5) is 35.4. The Labute approximate surface area is 228 Å². The zero-order chi connectivity index (χ0) is 28.1. The number of azo groups is 1. The number of carbonyl (C=O) groups excluding carboxylic acids is 3. The van der Waals surface area contributed by atoms with Crippen molar-refractivity contribution in [1.82, 2.24) is 4.57 Å². The molecule has 0 spiro atoms. The fraction of sp³-hybridized carbons (Fsp3) is 0.308. The van der Waals surface area contributed by atoms with Crippen LogP contribution in [0, 0.1) is 0 Å². The molecule has 4 atom stereocenters. The van der Waals surface area contributed by atoms with Gasteiger partial charge in [0.1, 0.15) is 12.7 Å². The maximum absolute atomic E-state index is 12.0. The van der Waals surface area contributed by atoms with Crippen LogP contribution >= 0.6 is 12.2 Å². The third-order valence-corrected chi connectivity index (χ3v) is 5.90. The van der Waals surface area contributed by atoms with E-state index in [0.717, 1.165) is 0 Å². The first kappa shape index (κ1) is 27.7. The summed E-state index contributed by atoms with van der Waals surface area (Å²) in [5.74, 6) is -2.28. The third kappa shape index (κ3) is 6.38. The lowest BCUT2D eigenvalue weighted by atomic mass is 10.1. The fourth-order valence-corrected chi connectivity index (χ4v) is 4.41. The van der Waals surface area contributed by atoms with Gasteiger partial charge in [0.25, 0.3) is 0 Å². The van der Waals surface area contributed by atoms with Crippen molar-refractivity contribution in [2.75, 3.05) is 11.9 Å². The quantitative estimate of drug-likeness (QED) is 0.189. The molecule has 4 rings (SSSR count). The Kier molecular flexibility index (Phi) is 8.52. The molecule has 1 aliphatic heterocycles. The number of ether oxygens (including phenoxy) is 4. The van der Waals surface area contributed by atoms with Gasteiger partial charge in [-0.05, 0) is 30.4 Å². The highest BCUT2D eigenvalue weighted by molar-refractivity contribution is 7.80. The minimum absolute atomic E-state index is 0.0590. The lowest BCUT2D eigenvalue weighted by Crippen LogP contribution is -2.40. The number of anilines is 1. The molecule has 0 aliphatic carbocycles. The number of nitrogens with one attached hydrogen (secondary N) is 1. The second-order valence-corrected chi connectivity index (χ2v) is 8.96. The Morgan fingerprint density at radius 3 is 2.28 bits per heavy atom. The molecule has 1 aliphatic rings. The van der Waals surface area contributed by atoms with Gasteiger partial charge in [-0.15, -0.1) is 10.2 Å². The van der Waals surface area contributed by atoms with Gasteiger partial charge in [-0.3, -0.25) is 19.0 Å². The standard InChI is InChI=1S/C26H26N4O8S/c1-14(31)35-13-20-22(36-15(2)32)23(37-16(3)33)25(38-20)30-19-12-8-7-11-18(19)21(24(30)34)28-29-26(39)27-17-9-5-4-6-10-17/h4-12,20,22-23,25,34H,13H2,1-3H3,(H,27,39)/t20-,22-,23-,25-/m1/s1. The molecule has 1 saturated heterocycles. The lowest BCUT2D eigenvalue weighted by Gasteiger charge is -2.24. The van der Waals surface area contributed by atoms with Crippen molar-refractivity contribution < 1.29 is 38.4 Å². The van der Waals surface area contributed by atoms with Crippen LogP contribution in [-0.2, 0) is 33.3 Å². The van der Waals surface area contributed by atoms with Crippen LogP contribution in [0.2, 0.25) is 0 Å². The summed E-state index contributed by atoms with van der Waals surface area (Å²) in [5, 5.41) is 23.1. The van der Waals surface area contributed by atoms with Crippen LogP contribution in [0.4, 0.5) is 11.4 Å². The molecule has 12 nitrogen and oxygen atoms in total. The molecular formula is C26H26N4O8S. The van der Waals surface area contributed by atoms with Gasteiger partial charge in [0, 0.05) is 31.8 Å². The highest BCUT2D eigenvalue weighted by atomic mass is 32.1. The van der Waals surface area contributed by atoms with E-state index < -0.39 is 42.4 Å². The zero-order valence-corrected chi connectivity index (χ0v) is 22.1. The predicted molar refractivity (Wildman–Crippen MR) is 142 cm³/mol. The number of hydrogen-bond acceptors (Lipinski definition) is 10. The molecular weight excluding hydrogens is 528 g/mol. The number of thiocarbonyl (C=S) groups is 1. The molecule has 2 heterocycles. The largest absolute Gasteiger partial charge is 0.493 e. The van der Waals surface area contributed by atoms with Crippen molar-refractivity contribution >= 4 is 57.5 Å². The Hall–Kier alpha value is -4.36. The summed E-state index contributed by atoms with van der Waals surface area (Å²) < 4.78 is 23.5. The van der Waals surface area contributed by atoms with E-state index in [1.54, 1.807) is 24.3 Å². The Morgan fingerprint density at radius 1 is 0.974 bits per heavy atom. The number of carbonyl (C=O) groups is 3. The third-order valence-electron chi connectivity index (χ3n) is 5.72. The average molecular weight is 555 g/mol. The predicted octanol–water partition coefficient (Wildman–Crippen LogP) is 4.15. The minimum Gasteiger partial charge on any atom is -0.493 e. The maximum atomic E-state index is 12.0. The van der Waals surface area contributed by atoms with Crippen molar-refractivity contribution in [3.8, 4) is 5.88 Å². The smallest absolute Gasteiger partial charge is 0.303 e. The molecule has 0 radical (unpaired) electrons. The second-order valence-electron chi connectivity index (χ2n) is 8.57. The van der Waals surface area contributed by atoms with Crippen molar-refractivity contribution in [2.45, 2.75) is 45.3 Å². The SMILES string of the molecule is CC(=O)OC[C@H]1O[C@@H](n2c(O)c(N=NC(=S)Nc3ccccc3)c3ccccc32)[C@H](OC(C)=O)[C@@H]1OC(C)=O. The summed E-state index contributed by atoms with van der Waals surface area (Å²) in [6.07, 6.45) is -4.51. The molecule has 204 valence electrons. The van der Waals surface area contributed by atoms with Gasteiger partial charge in [-0.25, -0.2) is 0 Å². The van der Waals surface area contributed by atoms with E-state index in [1.807, 2.05) is 30.3 Å². The lowest BCUT2D eigenvalue weighted by molar-refractivity contribution is -0.166. The van der Waals surface area contributed by atoms with E-state index in [4.69, 9.17) is 31.2 Å². The van der Waals surface area contributed by atoms with Crippen molar-refractivity contribution in [1.29, 1.82) is 0 Å². The van der Waals surface area contributed by atoms with E-state index in [9.17, 15) is 19.5 Å². The van der Waals surface area contributed by atoms with Crippen LogP contribution in [0.3, 0.4) is 0 Å². The van der Waals surface area contributed by atoms with E-state index in [-0.39, 0.29) is 23.3 Å². The fourth-order valence-electron chi connectivity index (χ4n) is 4.25. The summed E-state index contributed by atoms with van der Waals surface area (Å²) in [6.45, 7) is 3.31. The second kappa shape index (κ2) is 12.0. The highest BCUT2D eigenvalue weighted by Gasteiger charge is 2.51. The number of para-hydroxylation sites is 2. The minimum atomic E-state index is -1.20. The van der Waals surface area contributed by atoms with Crippen molar-refractivity contribution in [2.24, 2.45) is 10.2 Å². The van der Waals surface area contributed by atoms with Crippen LogP contribution in [0.25, 0.3) is 10.9 Å². The molecule has 39 heavy (non-hydrogen) atoms. The number of esters is 3. The Balaban J connectivity index is 1.74. The average Bonchev–Trinajstić information content (AvgIpc) is 3.34. The summed E-state index contributed by atoms with van der Waals surface area (Å²) >= 11 is 5.27. The number of fused-ring (bicyclic) bond motifs is 1. The first-order chi connectivity index (χ1) is 18.7. The molecule has 0 bridgehead atoms. The van der Waals surface area contributed by atoms with Crippen LogP contribution in [-0.4, -0.2) is 57.6 Å². The molecule has 0 saturated carbocycles. The molecule has 0 unspecified atom stereocenters. The van der Waals surface area contributed by atoms with E-state index in [2.05, 4.69) is 15.5 Å². The molecule has 13 heteroatoms. The highest BCUT2D eigenvalue weighted by Crippen LogP contribution is 2.45. The first-order valence-electron chi connectivity index (χ1n) is 11.9. The van der Waals surface area contributed by atoms with Crippen molar-refractivity contribution in [3.63, 3.8) is 0 Å². The summed E-state index contributed by atoms with van der Waals surface area (Å²) in [6, 6.07) is 16.0. The van der Waals surface area contributed by atoms with Crippen LogP contribution < -0.4 is 5.32 Å². The van der Waals surface area contributed by atoms with Crippen LogP contribution in [0.15, 0.2) is 64.8 Å². The topological polar surface area (TPSA) is 150 Å². The van der Waals surface area contributed by atoms with E-state index >= 15 is 0 Å². The van der Waals surface area contributed by atoms with Gasteiger partial charge >= 0.3 is 17.9 Å². The number of hydrogen-bond donors (Lipinski definition) is 2. The Morgan fingerprint density at radius 2 is 1.62 bits per heavy atom. The van der Waals surface area contributed by atoms with Crippen molar-refractivity contribution in [3.05, 3.63) is 54.6 Å². The molecule has 3 aromatic rings. The molecule has 2 aromatic carbocycles. The molecule has 1 aromatic heterocycles. The van der Waals surface area contributed by atoms with Gasteiger partial charge in [-0.2, -0.15) is 0 Å². The number of aromatic hydroxyl groups is 1. The summed E-state index contributed by atoms with van der Waals surface area (Å²) in [5.41, 5.74) is 1.26. The first-order valence-corrected chi connectivity index (χ1v) is 12.3.